The summed E-state index contributed by atoms with van der Waals surface area (Å²) >= 11 is 0. The molecule has 72 valence electrons. The Morgan fingerprint density at radius 2 is 1.46 bits per heavy atom. The van der Waals surface area contributed by atoms with Crippen molar-refractivity contribution in [2.24, 2.45) is 0 Å². The fraction of sp³-hybridized carbons (Fsp3) is 0.333. The molecule has 2 nitrogen and oxygen atoms in total. The molecule has 13 heavy (non-hydrogen) atoms. The molecule has 0 fully saturated rings. The molecule has 0 unspecified atom stereocenters. The molecule has 0 heterocycles. The summed E-state index contributed by atoms with van der Waals surface area (Å²) in [4.78, 5) is 20.4. The molecule has 0 aliphatic heterocycles. The van der Waals surface area contributed by atoms with Crippen molar-refractivity contribution < 1.29 is 31.5 Å². The van der Waals surface area contributed by atoms with Gasteiger partial charge in [-0.05, 0) is 0 Å². The summed E-state index contributed by atoms with van der Waals surface area (Å²) < 4.78 is 61.2. The van der Waals surface area contributed by atoms with Crippen LogP contribution in [0.1, 0.15) is 0 Å². The zero-order chi connectivity index (χ0) is 10.4. The van der Waals surface area contributed by atoms with Crippen LogP contribution in [0, 0.1) is 0 Å². The lowest BCUT2D eigenvalue weighted by atomic mass is 9.96. The first-order valence-corrected chi connectivity index (χ1v) is 2.93. The van der Waals surface area contributed by atoms with E-state index in [2.05, 4.69) is 0 Å². The van der Waals surface area contributed by atoms with E-state index < -0.39 is 35.3 Å². The quantitative estimate of drug-likeness (QED) is 0.551. The lowest BCUT2D eigenvalue weighted by Gasteiger charge is -2.25. The van der Waals surface area contributed by atoms with Crippen LogP contribution in [0.4, 0.5) is 22.0 Å². The maximum atomic E-state index is 12.3. The molecule has 0 aromatic rings. The highest BCUT2D eigenvalue weighted by Crippen LogP contribution is 2.41. The Labute approximate surface area is 68.0 Å². The lowest BCUT2D eigenvalue weighted by Crippen LogP contribution is -2.54. The van der Waals surface area contributed by atoms with E-state index in [0.717, 1.165) is 0 Å². The second-order valence-corrected chi connectivity index (χ2v) is 2.33. The van der Waals surface area contributed by atoms with Gasteiger partial charge < -0.3 is 0 Å². The van der Waals surface area contributed by atoms with Crippen molar-refractivity contribution >= 4 is 11.6 Å². The smallest absolute Gasteiger partial charge is 0.288 e. The van der Waals surface area contributed by atoms with E-state index in [9.17, 15) is 31.5 Å². The van der Waals surface area contributed by atoms with Crippen molar-refractivity contribution in [2.45, 2.75) is 11.8 Å². The number of alkyl halides is 4. The van der Waals surface area contributed by atoms with Gasteiger partial charge in [0, 0.05) is 6.08 Å². The van der Waals surface area contributed by atoms with Gasteiger partial charge in [0.15, 0.2) is 5.83 Å². The number of Topliss-reactive ketones (excluding diaryl/α,β-unsaturated/α-hetero) is 1. The summed E-state index contributed by atoms with van der Waals surface area (Å²) in [6, 6.07) is 0. The second kappa shape index (κ2) is 2.36. The molecular formula is C6HF5O2. The third-order valence-electron chi connectivity index (χ3n) is 1.46. The Bertz CT molecular complexity index is 317. The highest BCUT2D eigenvalue weighted by molar-refractivity contribution is 6.14. The van der Waals surface area contributed by atoms with E-state index in [1.165, 1.54) is 0 Å². The second-order valence-electron chi connectivity index (χ2n) is 2.33. The van der Waals surface area contributed by atoms with Crippen LogP contribution in [0.15, 0.2) is 11.9 Å². The molecule has 0 N–H and O–H groups in total. The summed E-state index contributed by atoms with van der Waals surface area (Å²) in [5.74, 6) is -17.7. The summed E-state index contributed by atoms with van der Waals surface area (Å²) in [5, 5.41) is 0. The monoisotopic (exact) mass is 200 g/mol. The van der Waals surface area contributed by atoms with Crippen LogP contribution in [0.5, 0.6) is 0 Å². The van der Waals surface area contributed by atoms with Crippen LogP contribution >= 0.6 is 0 Å². The SMILES string of the molecule is O=C1C=C(F)C(=O)C(F)(F)C1(F)F. The van der Waals surface area contributed by atoms with Crippen molar-refractivity contribution in [3.8, 4) is 0 Å². The molecule has 0 saturated carbocycles. The predicted octanol–water partition coefficient (Wildman–Crippen LogP) is 1.26. The largest absolute Gasteiger partial charge is 0.381 e. The van der Waals surface area contributed by atoms with Crippen molar-refractivity contribution in [1.29, 1.82) is 0 Å². The zero-order valence-corrected chi connectivity index (χ0v) is 5.78. The Morgan fingerprint density at radius 3 is 1.92 bits per heavy atom. The van der Waals surface area contributed by atoms with Gasteiger partial charge in [0.05, 0.1) is 0 Å². The Hall–Kier alpha value is -1.27. The van der Waals surface area contributed by atoms with E-state index in [-0.39, 0.29) is 0 Å². The molecule has 0 saturated heterocycles. The third-order valence-corrected chi connectivity index (χ3v) is 1.46. The average Bonchev–Trinajstić information content (AvgIpc) is 2.00. The molecule has 0 aromatic carbocycles. The van der Waals surface area contributed by atoms with Crippen molar-refractivity contribution in [3.05, 3.63) is 11.9 Å². The van der Waals surface area contributed by atoms with Crippen LogP contribution in [-0.4, -0.2) is 23.4 Å². The lowest BCUT2D eigenvalue weighted by molar-refractivity contribution is -0.206. The highest BCUT2D eigenvalue weighted by Gasteiger charge is 2.68. The van der Waals surface area contributed by atoms with Gasteiger partial charge in [0.2, 0.25) is 5.78 Å². The average molecular weight is 200 g/mol. The van der Waals surface area contributed by atoms with E-state index in [0.29, 0.717) is 0 Å². The Morgan fingerprint density at radius 1 is 1.00 bits per heavy atom. The molecule has 1 aliphatic rings. The molecule has 1 rings (SSSR count). The first-order chi connectivity index (χ1) is 5.71. The molecule has 1 aliphatic carbocycles. The first kappa shape index (κ1) is 9.82. The van der Waals surface area contributed by atoms with Crippen LogP contribution < -0.4 is 0 Å². The van der Waals surface area contributed by atoms with Crippen LogP contribution in [0.3, 0.4) is 0 Å². The molecule has 0 aromatic heterocycles. The van der Waals surface area contributed by atoms with Gasteiger partial charge in [0.1, 0.15) is 0 Å². The van der Waals surface area contributed by atoms with Gasteiger partial charge in [-0.15, -0.1) is 0 Å². The van der Waals surface area contributed by atoms with Gasteiger partial charge >= 0.3 is 11.8 Å². The minimum absolute atomic E-state index is 0.431. The van der Waals surface area contributed by atoms with Crippen molar-refractivity contribution in [2.75, 3.05) is 0 Å². The van der Waals surface area contributed by atoms with E-state index in [4.69, 9.17) is 0 Å². The van der Waals surface area contributed by atoms with Gasteiger partial charge in [0.25, 0.3) is 5.78 Å². The Balaban J connectivity index is 3.34. The maximum Gasteiger partial charge on any atom is 0.381 e. The standard InChI is InChI=1S/C6HF5O2/c7-2-1-3(12)5(8,9)6(10,11)4(2)13/h1H. The van der Waals surface area contributed by atoms with E-state index in [1.807, 2.05) is 0 Å². The van der Waals surface area contributed by atoms with Gasteiger partial charge in [-0.25, -0.2) is 4.39 Å². The first-order valence-electron chi connectivity index (χ1n) is 2.93. The fourth-order valence-electron chi connectivity index (χ4n) is 0.719. The minimum Gasteiger partial charge on any atom is -0.288 e. The number of allylic oxidation sites excluding steroid dienone is 2. The minimum atomic E-state index is -5.29. The number of carbonyl (C=O) groups excluding carboxylic acids is 2. The molecule has 7 heteroatoms. The molecule has 0 spiro atoms. The third kappa shape index (κ3) is 1.06. The number of halogens is 5. The van der Waals surface area contributed by atoms with Gasteiger partial charge in [-0.3, -0.25) is 9.59 Å². The normalized spacial score (nSPS) is 25.8. The molecule has 0 atom stereocenters. The number of rotatable bonds is 0. The van der Waals surface area contributed by atoms with Crippen molar-refractivity contribution in [3.63, 3.8) is 0 Å². The molecular weight excluding hydrogens is 199 g/mol. The topological polar surface area (TPSA) is 34.1 Å². The maximum absolute atomic E-state index is 12.3. The molecule has 0 amide bonds. The van der Waals surface area contributed by atoms with Crippen LogP contribution in [0.25, 0.3) is 0 Å². The summed E-state index contributed by atoms with van der Waals surface area (Å²) in [6.45, 7) is 0. The van der Waals surface area contributed by atoms with E-state index in [1.54, 1.807) is 0 Å². The summed E-state index contributed by atoms with van der Waals surface area (Å²) in [7, 11) is 0. The molecule has 0 bridgehead atoms. The number of ketones is 2. The fourth-order valence-corrected chi connectivity index (χ4v) is 0.719. The highest BCUT2D eigenvalue weighted by atomic mass is 19.3. The summed E-state index contributed by atoms with van der Waals surface area (Å²) in [6.07, 6.45) is -0.431. The van der Waals surface area contributed by atoms with Crippen LogP contribution in [-0.2, 0) is 9.59 Å². The summed E-state index contributed by atoms with van der Waals surface area (Å²) in [5.41, 5.74) is 0. The van der Waals surface area contributed by atoms with E-state index >= 15 is 0 Å². The van der Waals surface area contributed by atoms with Crippen LogP contribution in [0.2, 0.25) is 0 Å². The number of hydrogen-bond donors (Lipinski definition) is 0. The number of carbonyl (C=O) groups is 2. The predicted molar refractivity (Wildman–Crippen MR) is 29.1 cm³/mol. The zero-order valence-electron chi connectivity index (χ0n) is 5.78. The Kier molecular flexibility index (Phi) is 1.78. The van der Waals surface area contributed by atoms with Gasteiger partial charge in [-0.2, -0.15) is 17.6 Å². The van der Waals surface area contributed by atoms with Crippen molar-refractivity contribution in [1.82, 2.24) is 0 Å². The molecule has 0 radical (unpaired) electrons. The number of hydrogen-bond acceptors (Lipinski definition) is 2. The van der Waals surface area contributed by atoms with Gasteiger partial charge in [-0.1, -0.05) is 0 Å².